The molecular weight excluding hydrogens is 436 g/mol. The number of aromatic nitrogens is 2. The van der Waals surface area contributed by atoms with E-state index in [4.69, 9.17) is 4.98 Å². The molecule has 4 rings (SSSR count). The molecule has 2 N–H and O–H groups in total. The molecule has 0 aliphatic carbocycles. The summed E-state index contributed by atoms with van der Waals surface area (Å²) >= 11 is 0. The number of amides is 2. The van der Waals surface area contributed by atoms with E-state index in [9.17, 15) is 4.79 Å². The summed E-state index contributed by atoms with van der Waals surface area (Å²) in [4.78, 5) is 26.2. The van der Waals surface area contributed by atoms with Gasteiger partial charge in [-0.05, 0) is 49.7 Å². The Kier molecular flexibility index (Phi) is 7.26. The van der Waals surface area contributed by atoms with E-state index in [0.717, 1.165) is 16.8 Å². The van der Waals surface area contributed by atoms with Crippen LogP contribution in [0.3, 0.4) is 0 Å². The maximum absolute atomic E-state index is 13.6. The lowest BCUT2D eigenvalue weighted by Gasteiger charge is -2.24. The zero-order valence-corrected chi connectivity index (χ0v) is 20.4. The zero-order valence-electron chi connectivity index (χ0n) is 20.4. The van der Waals surface area contributed by atoms with Crippen LogP contribution >= 0.6 is 0 Å². The molecule has 0 bridgehead atoms. The highest BCUT2D eigenvalue weighted by atomic mass is 16.2. The number of nitrogens with one attached hydrogen (secondary N) is 2. The molecule has 4 aromatic rings. The fourth-order valence-electron chi connectivity index (χ4n) is 3.64. The molecule has 35 heavy (non-hydrogen) atoms. The lowest BCUT2D eigenvalue weighted by atomic mass is 10.1. The second kappa shape index (κ2) is 10.7. The third kappa shape index (κ3) is 5.95. The number of carbonyl (C=O) groups excluding carboxylic acids is 1. The van der Waals surface area contributed by atoms with Gasteiger partial charge < -0.3 is 15.5 Å². The van der Waals surface area contributed by atoms with E-state index in [1.807, 2.05) is 99.6 Å². The largest absolute Gasteiger partial charge is 0.378 e. The van der Waals surface area contributed by atoms with Crippen molar-refractivity contribution < 1.29 is 4.79 Å². The van der Waals surface area contributed by atoms with Gasteiger partial charge in [0, 0.05) is 37.7 Å². The summed E-state index contributed by atoms with van der Waals surface area (Å²) in [5.74, 6) is 0.902. The van der Waals surface area contributed by atoms with E-state index in [0.29, 0.717) is 23.1 Å². The molecule has 0 unspecified atom stereocenters. The highest BCUT2D eigenvalue weighted by molar-refractivity contribution is 6.06. The quantitative estimate of drug-likeness (QED) is 0.330. The number of aryl methyl sites for hydroxylation is 1. The molecule has 1 aromatic heterocycles. The van der Waals surface area contributed by atoms with Crippen LogP contribution in [-0.2, 0) is 0 Å². The van der Waals surface area contributed by atoms with Crippen molar-refractivity contribution in [2.45, 2.75) is 19.9 Å². The minimum Gasteiger partial charge on any atom is -0.378 e. The molecule has 0 aliphatic heterocycles. The number of hydrogen-bond acceptors (Lipinski definition) is 5. The molecule has 0 saturated carbocycles. The monoisotopic (exact) mass is 466 g/mol. The molecule has 7 nitrogen and oxygen atoms in total. The van der Waals surface area contributed by atoms with Crippen LogP contribution in [0.2, 0.25) is 0 Å². The Morgan fingerprint density at radius 3 is 2.31 bits per heavy atom. The lowest BCUT2D eigenvalue weighted by Crippen LogP contribution is -2.32. The van der Waals surface area contributed by atoms with Crippen LogP contribution in [0.4, 0.5) is 33.6 Å². The Bertz CT molecular complexity index is 1270. The number of anilines is 5. The van der Waals surface area contributed by atoms with Gasteiger partial charge in [-0.25, -0.2) is 14.7 Å². The fraction of sp³-hybridized carbons (Fsp3) is 0.179. The number of urea groups is 1. The van der Waals surface area contributed by atoms with Gasteiger partial charge in [-0.1, -0.05) is 54.1 Å². The Hall–Kier alpha value is -4.39. The summed E-state index contributed by atoms with van der Waals surface area (Å²) in [5, 5.41) is 6.33. The first-order chi connectivity index (χ1) is 16.9. The van der Waals surface area contributed by atoms with Gasteiger partial charge in [-0.3, -0.25) is 0 Å². The third-order valence-corrected chi connectivity index (χ3v) is 5.63. The SMILES string of the molecule is Cc1ccc(NC(=O)N(c2cccc(N(C)C)c2)c2ccnc(N[C@@H](C)c3ccccc3)n2)cc1. The summed E-state index contributed by atoms with van der Waals surface area (Å²) in [5.41, 5.74) is 4.62. The molecule has 0 aliphatic rings. The molecular formula is C28H30N6O. The van der Waals surface area contributed by atoms with Crippen LogP contribution in [0.25, 0.3) is 0 Å². The van der Waals surface area contributed by atoms with Gasteiger partial charge in [-0.2, -0.15) is 4.98 Å². The van der Waals surface area contributed by atoms with E-state index >= 15 is 0 Å². The van der Waals surface area contributed by atoms with Crippen molar-refractivity contribution in [3.63, 3.8) is 0 Å². The first kappa shape index (κ1) is 23.8. The molecule has 178 valence electrons. The standard InChI is InChI=1S/C28H30N6O/c1-20-13-15-23(16-14-20)31-28(35)34(25-12-8-11-24(19-25)33(3)4)26-17-18-29-27(32-26)30-21(2)22-9-6-5-7-10-22/h5-19,21H,1-4H3,(H,31,35)(H,29,30,32)/t21-/m0/s1. The number of carbonyl (C=O) groups is 1. The second-order valence-electron chi connectivity index (χ2n) is 8.56. The Morgan fingerprint density at radius 1 is 0.886 bits per heavy atom. The molecule has 3 aromatic carbocycles. The third-order valence-electron chi connectivity index (χ3n) is 5.63. The molecule has 0 saturated heterocycles. The van der Waals surface area contributed by atoms with Crippen molar-refractivity contribution in [1.82, 2.24) is 9.97 Å². The number of hydrogen-bond donors (Lipinski definition) is 2. The maximum atomic E-state index is 13.6. The number of benzene rings is 3. The molecule has 0 radical (unpaired) electrons. The van der Waals surface area contributed by atoms with Crippen LogP contribution < -0.4 is 20.4 Å². The van der Waals surface area contributed by atoms with Crippen LogP contribution in [0.15, 0.2) is 91.1 Å². The van der Waals surface area contributed by atoms with Crippen LogP contribution in [0.1, 0.15) is 24.1 Å². The predicted octanol–water partition coefficient (Wildman–Crippen LogP) is 6.39. The van der Waals surface area contributed by atoms with Crippen LogP contribution in [-0.4, -0.2) is 30.1 Å². The van der Waals surface area contributed by atoms with Gasteiger partial charge in [-0.15, -0.1) is 0 Å². The smallest absolute Gasteiger partial charge is 0.332 e. The van der Waals surface area contributed by atoms with Gasteiger partial charge in [0.05, 0.1) is 11.7 Å². The summed E-state index contributed by atoms with van der Waals surface area (Å²) in [6, 6.07) is 27.0. The summed E-state index contributed by atoms with van der Waals surface area (Å²) in [6.45, 7) is 4.06. The first-order valence-electron chi connectivity index (χ1n) is 11.5. The summed E-state index contributed by atoms with van der Waals surface area (Å²) in [6.07, 6.45) is 1.66. The number of nitrogens with zero attached hydrogens (tertiary/aromatic N) is 4. The van der Waals surface area contributed by atoms with Crippen molar-refractivity contribution in [1.29, 1.82) is 0 Å². The van der Waals surface area contributed by atoms with Gasteiger partial charge in [0.2, 0.25) is 5.95 Å². The Labute approximate surface area is 206 Å². The zero-order chi connectivity index (χ0) is 24.8. The fourth-order valence-corrected chi connectivity index (χ4v) is 3.64. The van der Waals surface area contributed by atoms with Gasteiger partial charge in [0.1, 0.15) is 5.82 Å². The van der Waals surface area contributed by atoms with Crippen molar-refractivity contribution in [3.05, 3.63) is 102 Å². The summed E-state index contributed by atoms with van der Waals surface area (Å²) < 4.78 is 0. The topological polar surface area (TPSA) is 73.4 Å². The average molecular weight is 467 g/mol. The molecule has 1 heterocycles. The average Bonchev–Trinajstić information content (AvgIpc) is 2.86. The van der Waals surface area contributed by atoms with Crippen molar-refractivity contribution >= 4 is 34.9 Å². The van der Waals surface area contributed by atoms with Gasteiger partial charge >= 0.3 is 6.03 Å². The van der Waals surface area contributed by atoms with Crippen molar-refractivity contribution in [2.24, 2.45) is 0 Å². The maximum Gasteiger partial charge on any atom is 0.332 e. The van der Waals surface area contributed by atoms with E-state index in [1.54, 1.807) is 17.2 Å². The Morgan fingerprint density at radius 2 is 1.60 bits per heavy atom. The van der Waals surface area contributed by atoms with Gasteiger partial charge in [0.15, 0.2) is 0 Å². The molecule has 2 amide bonds. The number of rotatable bonds is 7. The van der Waals surface area contributed by atoms with E-state index in [1.165, 1.54) is 0 Å². The molecule has 7 heteroatoms. The predicted molar refractivity (Wildman–Crippen MR) is 144 cm³/mol. The normalized spacial score (nSPS) is 11.4. The van der Waals surface area contributed by atoms with E-state index in [-0.39, 0.29) is 12.1 Å². The lowest BCUT2D eigenvalue weighted by molar-refractivity contribution is 0.259. The van der Waals surface area contributed by atoms with Crippen molar-refractivity contribution in [3.8, 4) is 0 Å². The highest BCUT2D eigenvalue weighted by Gasteiger charge is 2.21. The van der Waals surface area contributed by atoms with Gasteiger partial charge in [0.25, 0.3) is 0 Å². The van der Waals surface area contributed by atoms with E-state index in [2.05, 4.69) is 27.8 Å². The van der Waals surface area contributed by atoms with Crippen LogP contribution in [0, 0.1) is 6.92 Å². The van der Waals surface area contributed by atoms with E-state index < -0.39 is 0 Å². The highest BCUT2D eigenvalue weighted by Crippen LogP contribution is 2.29. The van der Waals surface area contributed by atoms with Crippen molar-refractivity contribution in [2.75, 3.05) is 34.5 Å². The Balaban J connectivity index is 1.68. The molecule has 0 fully saturated rings. The molecule has 0 spiro atoms. The summed E-state index contributed by atoms with van der Waals surface area (Å²) in [7, 11) is 3.93. The minimum absolute atomic E-state index is 0.00152. The van der Waals surface area contributed by atoms with Crippen LogP contribution in [0.5, 0.6) is 0 Å². The molecule has 1 atom stereocenters. The first-order valence-corrected chi connectivity index (χ1v) is 11.5. The second-order valence-corrected chi connectivity index (χ2v) is 8.56. The minimum atomic E-state index is -0.314.